The second-order valence-corrected chi connectivity index (χ2v) is 7.98. The van der Waals surface area contributed by atoms with Crippen LogP contribution in [0.25, 0.3) is 0 Å². The molecule has 0 atom stereocenters. The van der Waals surface area contributed by atoms with Crippen LogP contribution >= 0.6 is 11.6 Å². The van der Waals surface area contributed by atoms with Gasteiger partial charge in [-0.2, -0.15) is 0 Å². The normalized spacial score (nSPS) is 13.3. The fourth-order valence-corrected chi connectivity index (χ4v) is 3.67. The summed E-state index contributed by atoms with van der Waals surface area (Å²) in [6, 6.07) is 18.0. The van der Waals surface area contributed by atoms with E-state index >= 15 is 0 Å². The monoisotopic (exact) mass is 459 g/mol. The van der Waals surface area contributed by atoms with E-state index in [9.17, 15) is 9.59 Å². The summed E-state index contributed by atoms with van der Waals surface area (Å²) in [5.41, 5.74) is 2.67. The highest BCUT2D eigenvalue weighted by atomic mass is 35.5. The van der Waals surface area contributed by atoms with Crippen molar-refractivity contribution in [1.29, 1.82) is 0 Å². The zero-order chi connectivity index (χ0) is 23.2. The minimum absolute atomic E-state index is 0.0351. The summed E-state index contributed by atoms with van der Waals surface area (Å²) < 4.78 is 5.39. The van der Waals surface area contributed by atoms with Gasteiger partial charge in [0, 0.05) is 36.4 Å². The lowest BCUT2D eigenvalue weighted by molar-refractivity contribution is -0.135. The Hall–Kier alpha value is -3.82. The molecule has 0 unspecified atom stereocenters. The van der Waals surface area contributed by atoms with E-state index in [1.807, 2.05) is 30.3 Å². The van der Waals surface area contributed by atoms with Crippen LogP contribution in [0.3, 0.4) is 0 Å². The van der Waals surface area contributed by atoms with E-state index in [1.54, 1.807) is 53.4 Å². The van der Waals surface area contributed by atoms with Gasteiger partial charge in [-0.3, -0.25) is 9.59 Å². The van der Waals surface area contributed by atoms with Crippen LogP contribution in [0.15, 0.2) is 66.9 Å². The van der Waals surface area contributed by atoms with Crippen molar-refractivity contribution < 1.29 is 14.3 Å². The van der Waals surface area contributed by atoms with Gasteiger partial charge in [-0.25, -0.2) is 4.98 Å². The molecule has 1 saturated heterocycles. The molecule has 3 aromatic rings. The molecule has 1 aromatic heterocycles. The summed E-state index contributed by atoms with van der Waals surface area (Å²) in [5, 5.41) is 0.657. The summed E-state index contributed by atoms with van der Waals surface area (Å²) in [4.78, 5) is 33.3. The number of carbonyl (C=O) groups excluding carboxylic acids is 2. The maximum absolute atomic E-state index is 13.1. The van der Waals surface area contributed by atoms with Crippen LogP contribution in [0.1, 0.15) is 27.2 Å². The molecule has 2 amide bonds. The second kappa shape index (κ2) is 10.2. The first-order valence-electron chi connectivity index (χ1n) is 10.5. The van der Waals surface area contributed by atoms with E-state index in [2.05, 4.69) is 16.8 Å². The minimum atomic E-state index is -0.210. The molecule has 1 aliphatic rings. The van der Waals surface area contributed by atoms with E-state index in [0.29, 0.717) is 47.2 Å². The molecule has 0 radical (unpaired) electrons. The smallest absolute Gasteiger partial charge is 0.254 e. The first-order chi connectivity index (χ1) is 16.0. The molecule has 0 bridgehead atoms. The number of hydrogen-bond acceptors (Lipinski definition) is 4. The molecule has 166 valence electrons. The predicted octanol–water partition coefficient (Wildman–Crippen LogP) is 3.63. The zero-order valence-corrected chi connectivity index (χ0v) is 18.9. The summed E-state index contributed by atoms with van der Waals surface area (Å²) in [6.45, 7) is 1.45. The molecule has 2 heterocycles. The van der Waals surface area contributed by atoms with Crippen molar-refractivity contribution in [2.24, 2.45) is 0 Å². The SMILES string of the molecule is COc1ccc(C(=O)N2CCN(Cc3ccc(Cl)cc3)C(=O)C2)cc1C#Cc1ccccn1. The van der Waals surface area contributed by atoms with Crippen molar-refractivity contribution in [2.75, 3.05) is 26.7 Å². The number of rotatable bonds is 4. The molecular formula is C26H22ClN3O3. The quantitative estimate of drug-likeness (QED) is 0.559. The number of halogens is 1. The van der Waals surface area contributed by atoms with Crippen LogP contribution in [0.5, 0.6) is 5.75 Å². The number of piperazine rings is 1. The van der Waals surface area contributed by atoms with Crippen LogP contribution in [-0.4, -0.2) is 53.3 Å². The first-order valence-corrected chi connectivity index (χ1v) is 10.8. The van der Waals surface area contributed by atoms with Crippen LogP contribution in [0.2, 0.25) is 5.02 Å². The van der Waals surface area contributed by atoms with Crippen molar-refractivity contribution in [3.8, 4) is 17.6 Å². The molecule has 0 aliphatic carbocycles. The third-order valence-electron chi connectivity index (χ3n) is 5.33. The predicted molar refractivity (Wildman–Crippen MR) is 126 cm³/mol. The lowest BCUT2D eigenvalue weighted by Crippen LogP contribution is -2.51. The van der Waals surface area contributed by atoms with E-state index in [1.165, 1.54) is 0 Å². The van der Waals surface area contributed by atoms with Gasteiger partial charge < -0.3 is 14.5 Å². The van der Waals surface area contributed by atoms with Gasteiger partial charge >= 0.3 is 0 Å². The molecule has 1 aliphatic heterocycles. The molecular weight excluding hydrogens is 438 g/mol. The Bertz CT molecular complexity index is 1220. The maximum Gasteiger partial charge on any atom is 0.254 e. The number of nitrogens with zero attached hydrogens (tertiary/aromatic N) is 3. The Morgan fingerprint density at radius 2 is 1.91 bits per heavy atom. The Morgan fingerprint density at radius 3 is 2.61 bits per heavy atom. The van der Waals surface area contributed by atoms with Crippen LogP contribution in [0.4, 0.5) is 0 Å². The maximum atomic E-state index is 13.1. The van der Waals surface area contributed by atoms with Gasteiger partial charge in [0.2, 0.25) is 5.91 Å². The van der Waals surface area contributed by atoms with Crippen molar-refractivity contribution in [2.45, 2.75) is 6.54 Å². The average molecular weight is 460 g/mol. The van der Waals surface area contributed by atoms with Crippen molar-refractivity contribution in [3.05, 3.63) is 94.3 Å². The first kappa shape index (κ1) is 22.4. The molecule has 33 heavy (non-hydrogen) atoms. The van der Waals surface area contributed by atoms with Crippen LogP contribution in [0, 0.1) is 11.8 Å². The molecule has 1 fully saturated rings. The number of methoxy groups -OCH3 is 1. The van der Waals surface area contributed by atoms with Gasteiger partial charge in [0.05, 0.1) is 12.7 Å². The molecule has 0 N–H and O–H groups in total. The Morgan fingerprint density at radius 1 is 1.09 bits per heavy atom. The van der Waals surface area contributed by atoms with Gasteiger partial charge in [0.25, 0.3) is 5.91 Å². The Balaban J connectivity index is 1.46. The summed E-state index contributed by atoms with van der Waals surface area (Å²) in [6.07, 6.45) is 1.67. The number of benzene rings is 2. The molecule has 4 rings (SSSR count). The van der Waals surface area contributed by atoms with Gasteiger partial charge in [0.15, 0.2) is 0 Å². The third kappa shape index (κ3) is 5.51. The lowest BCUT2D eigenvalue weighted by Gasteiger charge is -2.34. The zero-order valence-electron chi connectivity index (χ0n) is 18.1. The average Bonchev–Trinajstić information content (AvgIpc) is 2.85. The number of ether oxygens (including phenoxy) is 1. The Labute approximate surface area is 197 Å². The highest BCUT2D eigenvalue weighted by Crippen LogP contribution is 2.21. The van der Waals surface area contributed by atoms with E-state index in [0.717, 1.165) is 5.56 Å². The Kier molecular flexibility index (Phi) is 6.92. The molecule has 0 spiro atoms. The van der Waals surface area contributed by atoms with Gasteiger partial charge in [0.1, 0.15) is 18.0 Å². The molecule has 6 nitrogen and oxygen atoms in total. The van der Waals surface area contributed by atoms with Gasteiger partial charge in [-0.15, -0.1) is 0 Å². The van der Waals surface area contributed by atoms with E-state index in [4.69, 9.17) is 16.3 Å². The van der Waals surface area contributed by atoms with Crippen molar-refractivity contribution >= 4 is 23.4 Å². The topological polar surface area (TPSA) is 62.7 Å². The molecule has 7 heteroatoms. The standard InChI is InChI=1S/C26H22ClN3O3/c1-33-24-12-8-21(16-20(24)7-11-23-4-2-3-13-28-23)26(32)30-15-14-29(25(31)18-30)17-19-5-9-22(27)10-6-19/h2-6,8-10,12-13,16H,14-15,17-18H2,1H3. The summed E-state index contributed by atoms with van der Waals surface area (Å²) >= 11 is 5.93. The number of pyridine rings is 1. The molecule has 0 saturated carbocycles. The second-order valence-electron chi connectivity index (χ2n) is 7.55. The summed E-state index contributed by atoms with van der Waals surface area (Å²) in [5.74, 6) is 6.29. The fraction of sp³-hybridized carbons (Fsp3) is 0.192. The largest absolute Gasteiger partial charge is 0.495 e. The highest BCUT2D eigenvalue weighted by Gasteiger charge is 2.28. The highest BCUT2D eigenvalue weighted by molar-refractivity contribution is 6.30. The molecule has 2 aromatic carbocycles. The summed E-state index contributed by atoms with van der Waals surface area (Å²) in [7, 11) is 1.56. The van der Waals surface area contributed by atoms with Crippen LogP contribution in [-0.2, 0) is 11.3 Å². The number of amides is 2. The number of hydrogen-bond donors (Lipinski definition) is 0. The number of aromatic nitrogens is 1. The van der Waals surface area contributed by atoms with Crippen molar-refractivity contribution in [3.63, 3.8) is 0 Å². The lowest BCUT2D eigenvalue weighted by atomic mass is 10.1. The van der Waals surface area contributed by atoms with Crippen molar-refractivity contribution in [1.82, 2.24) is 14.8 Å². The van der Waals surface area contributed by atoms with E-state index < -0.39 is 0 Å². The van der Waals surface area contributed by atoms with E-state index in [-0.39, 0.29) is 18.4 Å². The van der Waals surface area contributed by atoms with Gasteiger partial charge in [-0.05, 0) is 53.9 Å². The fourth-order valence-electron chi connectivity index (χ4n) is 3.55. The minimum Gasteiger partial charge on any atom is -0.495 e. The van der Waals surface area contributed by atoms with Crippen LogP contribution < -0.4 is 4.74 Å². The number of carbonyl (C=O) groups is 2. The van der Waals surface area contributed by atoms with Gasteiger partial charge in [-0.1, -0.05) is 35.7 Å². The third-order valence-corrected chi connectivity index (χ3v) is 5.58.